The van der Waals surface area contributed by atoms with Gasteiger partial charge in [0.05, 0.1) is 19.3 Å². The minimum atomic E-state index is -0.625. The molecule has 0 unspecified atom stereocenters. The molecule has 0 saturated carbocycles. The van der Waals surface area contributed by atoms with Gasteiger partial charge in [0.2, 0.25) is 0 Å². The van der Waals surface area contributed by atoms with Crippen LogP contribution in [0.1, 0.15) is 18.2 Å². The topological polar surface area (TPSA) is 60.5 Å². The third-order valence-electron chi connectivity index (χ3n) is 4.14. The fraction of sp³-hybridized carbons (Fsp3) is 0.238. The van der Waals surface area contributed by atoms with Crippen LogP contribution in [-0.2, 0) is 11.3 Å². The number of hydrogen-bond acceptors (Lipinski definition) is 5. The van der Waals surface area contributed by atoms with E-state index in [1.807, 2.05) is 42.6 Å². The van der Waals surface area contributed by atoms with Crippen molar-refractivity contribution in [3.05, 3.63) is 64.1 Å². The average molecular weight is 417 g/mol. The summed E-state index contributed by atoms with van der Waals surface area (Å²) in [5.41, 5.74) is 2.72. The molecule has 7 heteroatoms. The van der Waals surface area contributed by atoms with Crippen molar-refractivity contribution in [3.63, 3.8) is 0 Å². The molecule has 28 heavy (non-hydrogen) atoms. The number of nitrogens with one attached hydrogen (secondary N) is 1. The Kier molecular flexibility index (Phi) is 6.54. The Bertz CT molecular complexity index is 957. The number of nitrogens with zero attached hydrogens (tertiary/aromatic N) is 1. The first kappa shape index (κ1) is 20.2. The molecule has 0 spiro atoms. The minimum absolute atomic E-state index is 0.202. The number of rotatable bonds is 7. The Morgan fingerprint density at radius 1 is 1.21 bits per heavy atom. The van der Waals surface area contributed by atoms with Crippen molar-refractivity contribution in [2.75, 3.05) is 7.11 Å². The van der Waals surface area contributed by atoms with Crippen LogP contribution in [0.4, 0.5) is 0 Å². The molecule has 1 atom stereocenters. The van der Waals surface area contributed by atoms with Gasteiger partial charge >= 0.3 is 0 Å². The Labute approximate surface area is 173 Å². The lowest BCUT2D eigenvalue weighted by Crippen LogP contribution is -2.36. The van der Waals surface area contributed by atoms with Gasteiger partial charge in [0, 0.05) is 16.0 Å². The number of thiazole rings is 1. The summed E-state index contributed by atoms with van der Waals surface area (Å²) in [6, 6.07) is 13.0. The number of amides is 1. The van der Waals surface area contributed by atoms with E-state index >= 15 is 0 Å². The summed E-state index contributed by atoms with van der Waals surface area (Å²) in [5, 5.41) is 6.36. The van der Waals surface area contributed by atoms with E-state index in [-0.39, 0.29) is 5.91 Å². The third kappa shape index (κ3) is 5.03. The summed E-state index contributed by atoms with van der Waals surface area (Å²) < 4.78 is 10.9. The zero-order chi connectivity index (χ0) is 20.1. The lowest BCUT2D eigenvalue weighted by Gasteiger charge is -2.15. The van der Waals surface area contributed by atoms with Crippen molar-refractivity contribution in [1.29, 1.82) is 0 Å². The number of ether oxygens (including phenoxy) is 2. The van der Waals surface area contributed by atoms with Crippen LogP contribution < -0.4 is 14.8 Å². The summed E-state index contributed by atoms with van der Waals surface area (Å²) in [6.45, 7) is 3.95. The summed E-state index contributed by atoms with van der Waals surface area (Å²) >= 11 is 7.55. The molecule has 1 aromatic heterocycles. The molecule has 1 amide bonds. The van der Waals surface area contributed by atoms with Crippen molar-refractivity contribution < 1.29 is 14.3 Å². The van der Waals surface area contributed by atoms with Crippen LogP contribution >= 0.6 is 22.9 Å². The van der Waals surface area contributed by atoms with E-state index in [0.29, 0.717) is 17.3 Å². The van der Waals surface area contributed by atoms with E-state index in [0.717, 1.165) is 27.6 Å². The highest BCUT2D eigenvalue weighted by molar-refractivity contribution is 7.13. The number of carbonyl (C=O) groups excluding carboxylic acids is 1. The Morgan fingerprint density at radius 3 is 2.61 bits per heavy atom. The van der Waals surface area contributed by atoms with Gasteiger partial charge in [-0.05, 0) is 61.9 Å². The highest BCUT2D eigenvalue weighted by Crippen LogP contribution is 2.26. The number of hydrogen-bond donors (Lipinski definition) is 1. The molecule has 0 radical (unpaired) electrons. The van der Waals surface area contributed by atoms with Gasteiger partial charge in [-0.15, -0.1) is 11.3 Å². The van der Waals surface area contributed by atoms with Gasteiger partial charge in [-0.2, -0.15) is 0 Å². The number of halogens is 1. The van der Waals surface area contributed by atoms with E-state index in [1.165, 1.54) is 11.3 Å². The maximum atomic E-state index is 12.3. The van der Waals surface area contributed by atoms with Crippen molar-refractivity contribution in [1.82, 2.24) is 10.3 Å². The van der Waals surface area contributed by atoms with Gasteiger partial charge in [0.15, 0.2) is 6.10 Å². The molecule has 5 nitrogen and oxygen atoms in total. The Morgan fingerprint density at radius 2 is 1.93 bits per heavy atom. The standard InChI is InChI=1S/C21H21ClN2O3S/c1-13-10-18(8-9-19(13)22)27-14(2)20(25)23-11-16-12-28-21(24-16)15-4-6-17(26-3)7-5-15/h4-10,12,14H,11H2,1-3H3,(H,23,25)/t14-/m0/s1. The molecule has 0 aliphatic rings. The smallest absolute Gasteiger partial charge is 0.261 e. The summed E-state index contributed by atoms with van der Waals surface area (Å²) in [7, 11) is 1.64. The molecule has 2 aromatic carbocycles. The fourth-order valence-electron chi connectivity index (χ4n) is 2.52. The average Bonchev–Trinajstić information content (AvgIpc) is 3.18. The molecule has 3 aromatic rings. The van der Waals surface area contributed by atoms with E-state index in [1.54, 1.807) is 26.2 Å². The van der Waals surface area contributed by atoms with Crippen LogP contribution in [0, 0.1) is 6.92 Å². The number of methoxy groups -OCH3 is 1. The first-order valence-electron chi connectivity index (χ1n) is 8.75. The number of carbonyl (C=O) groups is 1. The highest BCUT2D eigenvalue weighted by Gasteiger charge is 2.15. The molecule has 1 N–H and O–H groups in total. The van der Waals surface area contributed by atoms with E-state index in [4.69, 9.17) is 21.1 Å². The van der Waals surface area contributed by atoms with Gasteiger partial charge in [-0.3, -0.25) is 4.79 Å². The molecule has 0 fully saturated rings. The fourth-order valence-corrected chi connectivity index (χ4v) is 3.47. The lowest BCUT2D eigenvalue weighted by atomic mass is 10.2. The van der Waals surface area contributed by atoms with Crippen LogP contribution in [0.2, 0.25) is 5.02 Å². The largest absolute Gasteiger partial charge is 0.497 e. The van der Waals surface area contributed by atoms with E-state index in [9.17, 15) is 4.79 Å². The van der Waals surface area contributed by atoms with Gasteiger partial charge in [-0.25, -0.2) is 4.98 Å². The number of aryl methyl sites for hydroxylation is 1. The number of aromatic nitrogens is 1. The van der Waals surface area contributed by atoms with Crippen molar-refractivity contribution in [2.45, 2.75) is 26.5 Å². The summed E-state index contributed by atoms with van der Waals surface area (Å²) in [4.78, 5) is 16.9. The van der Waals surface area contributed by atoms with Crippen LogP contribution in [-0.4, -0.2) is 24.1 Å². The predicted molar refractivity (Wildman–Crippen MR) is 112 cm³/mol. The maximum absolute atomic E-state index is 12.3. The van der Waals surface area contributed by atoms with Crippen molar-refractivity contribution >= 4 is 28.8 Å². The monoisotopic (exact) mass is 416 g/mol. The minimum Gasteiger partial charge on any atom is -0.497 e. The quantitative estimate of drug-likeness (QED) is 0.597. The second kappa shape index (κ2) is 9.08. The summed E-state index contributed by atoms with van der Waals surface area (Å²) in [6.07, 6.45) is -0.625. The Balaban J connectivity index is 1.55. The molecular formula is C21H21ClN2O3S. The Hall–Kier alpha value is -2.57. The van der Waals surface area contributed by atoms with E-state index in [2.05, 4.69) is 10.3 Å². The normalized spacial score (nSPS) is 11.7. The van der Waals surface area contributed by atoms with Crippen LogP contribution in [0.5, 0.6) is 11.5 Å². The molecule has 0 bridgehead atoms. The molecule has 146 valence electrons. The van der Waals surface area contributed by atoms with Crippen LogP contribution in [0.3, 0.4) is 0 Å². The third-order valence-corrected chi connectivity index (χ3v) is 5.51. The molecule has 0 saturated heterocycles. The molecule has 0 aliphatic heterocycles. The SMILES string of the molecule is COc1ccc(-c2nc(CNC(=O)[C@H](C)Oc3ccc(Cl)c(C)c3)cs2)cc1. The first-order chi connectivity index (χ1) is 13.5. The zero-order valence-corrected chi connectivity index (χ0v) is 17.4. The molecular weight excluding hydrogens is 396 g/mol. The second-order valence-corrected chi connectivity index (χ2v) is 7.53. The van der Waals surface area contributed by atoms with Gasteiger partial charge < -0.3 is 14.8 Å². The van der Waals surface area contributed by atoms with Crippen molar-refractivity contribution in [3.8, 4) is 22.1 Å². The second-order valence-electron chi connectivity index (χ2n) is 6.26. The van der Waals surface area contributed by atoms with E-state index < -0.39 is 6.10 Å². The predicted octanol–water partition coefficient (Wildman–Crippen LogP) is 4.86. The first-order valence-corrected chi connectivity index (χ1v) is 10.0. The molecule has 3 rings (SSSR count). The maximum Gasteiger partial charge on any atom is 0.261 e. The molecule has 0 aliphatic carbocycles. The summed E-state index contributed by atoms with van der Waals surface area (Å²) in [5.74, 6) is 1.21. The van der Waals surface area contributed by atoms with Gasteiger partial charge in [0.25, 0.3) is 5.91 Å². The molecule has 1 heterocycles. The van der Waals surface area contributed by atoms with Gasteiger partial charge in [0.1, 0.15) is 16.5 Å². The van der Waals surface area contributed by atoms with Crippen LogP contribution in [0.15, 0.2) is 47.8 Å². The highest BCUT2D eigenvalue weighted by atomic mass is 35.5. The zero-order valence-electron chi connectivity index (χ0n) is 15.9. The van der Waals surface area contributed by atoms with Gasteiger partial charge in [-0.1, -0.05) is 11.6 Å². The number of benzene rings is 2. The van der Waals surface area contributed by atoms with Crippen molar-refractivity contribution in [2.24, 2.45) is 0 Å². The van der Waals surface area contributed by atoms with Crippen LogP contribution in [0.25, 0.3) is 10.6 Å². The lowest BCUT2D eigenvalue weighted by molar-refractivity contribution is -0.127.